The van der Waals surface area contributed by atoms with Gasteiger partial charge in [-0.2, -0.15) is 0 Å². The van der Waals surface area contributed by atoms with Crippen LogP contribution in [0.5, 0.6) is 11.5 Å². The number of H-pyrrole nitrogens is 2. The van der Waals surface area contributed by atoms with Crippen molar-refractivity contribution in [2.45, 2.75) is 12.8 Å². The summed E-state index contributed by atoms with van der Waals surface area (Å²) >= 11 is 0. The average molecular weight is 477 g/mol. The number of nitrogens with one attached hydrogen (secondary N) is 2. The maximum atomic E-state index is 12.8. The molecule has 0 saturated heterocycles. The monoisotopic (exact) mass is 476 g/mol. The number of ether oxygens (including phenoxy) is 2. The Morgan fingerprint density at radius 2 is 0.917 bits per heavy atom. The Bertz CT molecular complexity index is 1720. The molecule has 6 nitrogen and oxygen atoms in total. The summed E-state index contributed by atoms with van der Waals surface area (Å²) in [5, 5.41) is 2.58. The van der Waals surface area contributed by atoms with Gasteiger partial charge in [-0.3, -0.25) is 9.59 Å². The third-order valence-electron chi connectivity index (χ3n) is 6.43. The molecule has 0 aliphatic rings. The maximum Gasteiger partial charge on any atom is 0.197 e. The largest absolute Gasteiger partial charge is 0.494 e. The molecule has 0 bridgehead atoms. The highest BCUT2D eigenvalue weighted by Gasteiger charge is 2.08. The van der Waals surface area contributed by atoms with Crippen molar-refractivity contribution in [1.29, 1.82) is 0 Å². The molecule has 0 radical (unpaired) electrons. The zero-order chi connectivity index (χ0) is 24.5. The highest BCUT2D eigenvalue weighted by atomic mass is 16.5. The maximum absolute atomic E-state index is 12.8. The molecule has 6 aromatic rings. The molecule has 6 rings (SSSR count). The number of aromatic nitrogens is 2. The Morgan fingerprint density at radius 1 is 0.500 bits per heavy atom. The highest BCUT2D eigenvalue weighted by molar-refractivity contribution is 5.94. The summed E-state index contributed by atoms with van der Waals surface area (Å²) in [6.07, 6.45) is 1.59. The number of para-hydroxylation sites is 2. The topological polar surface area (TPSA) is 84.2 Å². The smallest absolute Gasteiger partial charge is 0.197 e. The minimum Gasteiger partial charge on any atom is -0.494 e. The normalized spacial score (nSPS) is 11.4. The average Bonchev–Trinajstić information content (AvgIpc) is 2.91. The molecule has 2 heterocycles. The van der Waals surface area contributed by atoms with Crippen LogP contribution < -0.4 is 20.3 Å². The molecule has 0 aliphatic carbocycles. The zero-order valence-electron chi connectivity index (χ0n) is 19.5. The van der Waals surface area contributed by atoms with E-state index in [1.165, 1.54) is 0 Å². The molecule has 0 fully saturated rings. The molecule has 4 aromatic carbocycles. The van der Waals surface area contributed by atoms with E-state index in [-0.39, 0.29) is 10.9 Å². The van der Waals surface area contributed by atoms with Crippen molar-refractivity contribution in [2.24, 2.45) is 0 Å². The highest BCUT2D eigenvalue weighted by Crippen LogP contribution is 2.22. The number of pyridine rings is 2. The van der Waals surface area contributed by atoms with Crippen LogP contribution in [-0.2, 0) is 0 Å². The van der Waals surface area contributed by atoms with Gasteiger partial charge in [-0.15, -0.1) is 0 Å². The van der Waals surface area contributed by atoms with E-state index < -0.39 is 0 Å². The molecule has 6 heteroatoms. The number of rotatable bonds is 7. The standard InChI is InChI=1S/C30H24N2O4/c33-29-21-7-1-3-9-25(21)31-27-13-11-19(17-23(27)29)35-15-5-6-16-36-20-12-14-28-24(18-20)30(34)22-8-2-4-10-26(22)32-28/h1-4,7-14,17-18H,5-6,15-16H2,(H,31,33)(H,32,34). The van der Waals surface area contributed by atoms with E-state index in [2.05, 4.69) is 9.97 Å². The van der Waals surface area contributed by atoms with Crippen LogP contribution in [0.15, 0.2) is 94.5 Å². The van der Waals surface area contributed by atoms with Crippen LogP contribution in [-0.4, -0.2) is 23.2 Å². The van der Waals surface area contributed by atoms with E-state index in [4.69, 9.17) is 9.47 Å². The fourth-order valence-corrected chi connectivity index (χ4v) is 4.56. The molecular weight excluding hydrogens is 452 g/mol. The summed E-state index contributed by atoms with van der Waals surface area (Å²) in [7, 11) is 0. The Kier molecular flexibility index (Phi) is 5.62. The second-order valence-corrected chi connectivity index (χ2v) is 8.82. The minimum absolute atomic E-state index is 0.000388. The van der Waals surface area contributed by atoms with E-state index in [9.17, 15) is 9.59 Å². The van der Waals surface area contributed by atoms with Crippen LogP contribution in [0.1, 0.15) is 12.8 Å². The van der Waals surface area contributed by atoms with Gasteiger partial charge in [0, 0.05) is 32.6 Å². The lowest BCUT2D eigenvalue weighted by Gasteiger charge is -2.10. The van der Waals surface area contributed by atoms with Gasteiger partial charge in [-0.05, 0) is 73.5 Å². The van der Waals surface area contributed by atoms with Crippen molar-refractivity contribution >= 4 is 43.6 Å². The van der Waals surface area contributed by atoms with Crippen LogP contribution in [0.3, 0.4) is 0 Å². The fraction of sp³-hybridized carbons (Fsp3) is 0.133. The van der Waals surface area contributed by atoms with Gasteiger partial charge in [0.25, 0.3) is 0 Å². The van der Waals surface area contributed by atoms with E-state index in [1.807, 2.05) is 72.8 Å². The first kappa shape index (κ1) is 21.9. The molecule has 0 saturated carbocycles. The van der Waals surface area contributed by atoms with E-state index in [0.717, 1.165) is 34.9 Å². The van der Waals surface area contributed by atoms with Gasteiger partial charge < -0.3 is 19.4 Å². The quantitative estimate of drug-likeness (QED) is 0.221. The summed E-state index contributed by atoms with van der Waals surface area (Å²) < 4.78 is 11.8. The minimum atomic E-state index is 0.000388. The number of unbranched alkanes of at least 4 members (excludes halogenated alkanes) is 1. The molecule has 0 unspecified atom stereocenters. The van der Waals surface area contributed by atoms with Crippen molar-refractivity contribution in [3.63, 3.8) is 0 Å². The third kappa shape index (κ3) is 4.07. The molecule has 2 aromatic heterocycles. The van der Waals surface area contributed by atoms with Crippen molar-refractivity contribution in [3.8, 4) is 11.5 Å². The first-order valence-electron chi connectivity index (χ1n) is 12.0. The predicted octanol–water partition coefficient (Wildman–Crippen LogP) is 5.91. The molecule has 0 atom stereocenters. The van der Waals surface area contributed by atoms with Crippen LogP contribution in [0.2, 0.25) is 0 Å². The Balaban J connectivity index is 1.07. The second kappa shape index (κ2) is 9.23. The number of benzene rings is 4. The van der Waals surface area contributed by atoms with Gasteiger partial charge in [0.05, 0.1) is 24.2 Å². The summed E-state index contributed by atoms with van der Waals surface area (Å²) in [5.74, 6) is 1.34. The zero-order valence-corrected chi connectivity index (χ0v) is 19.5. The Hall–Kier alpha value is -4.58. The predicted molar refractivity (Wildman–Crippen MR) is 144 cm³/mol. The van der Waals surface area contributed by atoms with E-state index in [0.29, 0.717) is 46.3 Å². The van der Waals surface area contributed by atoms with Crippen molar-refractivity contribution in [1.82, 2.24) is 9.97 Å². The van der Waals surface area contributed by atoms with Crippen molar-refractivity contribution < 1.29 is 9.47 Å². The molecule has 0 amide bonds. The van der Waals surface area contributed by atoms with Gasteiger partial charge in [0.1, 0.15) is 11.5 Å². The summed E-state index contributed by atoms with van der Waals surface area (Å²) in [4.78, 5) is 32.3. The van der Waals surface area contributed by atoms with Crippen molar-refractivity contribution in [2.75, 3.05) is 13.2 Å². The number of fused-ring (bicyclic) bond motifs is 4. The lowest BCUT2D eigenvalue weighted by molar-refractivity contribution is 0.267. The first-order chi connectivity index (χ1) is 17.7. The van der Waals surface area contributed by atoms with Crippen LogP contribution in [0, 0.1) is 0 Å². The van der Waals surface area contributed by atoms with Crippen molar-refractivity contribution in [3.05, 3.63) is 105 Å². The summed E-state index contributed by atoms with van der Waals surface area (Å²) in [6.45, 7) is 1.04. The molecule has 0 spiro atoms. The molecule has 0 aliphatic heterocycles. The first-order valence-corrected chi connectivity index (χ1v) is 12.0. The second-order valence-electron chi connectivity index (χ2n) is 8.82. The van der Waals surface area contributed by atoms with Gasteiger partial charge in [0.2, 0.25) is 0 Å². The SMILES string of the molecule is O=c1c2ccccc2[nH]c2ccc(OCCCCOc3ccc4[nH]c5ccccc5c(=O)c4c3)cc12. The van der Waals surface area contributed by atoms with E-state index in [1.54, 1.807) is 12.1 Å². The van der Waals surface area contributed by atoms with Gasteiger partial charge in [-0.1, -0.05) is 24.3 Å². The molecule has 178 valence electrons. The van der Waals surface area contributed by atoms with Gasteiger partial charge in [0.15, 0.2) is 10.9 Å². The van der Waals surface area contributed by atoms with E-state index >= 15 is 0 Å². The molecule has 2 N–H and O–H groups in total. The van der Waals surface area contributed by atoms with Crippen LogP contribution in [0.25, 0.3) is 43.6 Å². The third-order valence-corrected chi connectivity index (χ3v) is 6.43. The number of aromatic amines is 2. The Morgan fingerprint density at radius 3 is 1.39 bits per heavy atom. The van der Waals surface area contributed by atoms with Gasteiger partial charge in [-0.25, -0.2) is 0 Å². The number of hydrogen-bond acceptors (Lipinski definition) is 4. The van der Waals surface area contributed by atoms with Crippen LogP contribution in [0.4, 0.5) is 0 Å². The molecule has 36 heavy (non-hydrogen) atoms. The van der Waals surface area contributed by atoms with Gasteiger partial charge >= 0.3 is 0 Å². The fourth-order valence-electron chi connectivity index (χ4n) is 4.56. The lowest BCUT2D eigenvalue weighted by atomic mass is 10.1. The number of hydrogen-bond donors (Lipinski definition) is 2. The Labute approximate surface area is 206 Å². The molecular formula is C30H24N2O4. The summed E-state index contributed by atoms with van der Waals surface area (Å²) in [6, 6.07) is 26.1. The van der Waals surface area contributed by atoms with Crippen LogP contribution >= 0.6 is 0 Å². The summed E-state index contributed by atoms with van der Waals surface area (Å²) in [5.41, 5.74) is 3.24. The lowest BCUT2D eigenvalue weighted by Crippen LogP contribution is -2.06.